The Balaban J connectivity index is 1.68. The van der Waals surface area contributed by atoms with Crippen molar-refractivity contribution >= 4 is 16.8 Å². The van der Waals surface area contributed by atoms with Crippen LogP contribution in [0.4, 0.5) is 0 Å². The zero-order valence-corrected chi connectivity index (χ0v) is 17.8. The minimum absolute atomic E-state index is 0.0421. The van der Waals surface area contributed by atoms with Crippen molar-refractivity contribution in [2.75, 3.05) is 34.0 Å². The van der Waals surface area contributed by atoms with Crippen molar-refractivity contribution in [3.05, 3.63) is 59.3 Å². The maximum absolute atomic E-state index is 12.8. The number of aromatic nitrogens is 1. The molecular formula is C24H29N3O3. The van der Waals surface area contributed by atoms with Crippen molar-refractivity contribution in [2.24, 2.45) is 0 Å². The standard InChI is InChI=1S/C24H29N3O3/c1-4-16-6-5-7-18-20(14-26-24(16)18)19(13-23(28)25-10-11-27(2)3)17-8-9-21-22(12-17)30-15-29-21/h5-9,12,14,19,26H,4,10-11,13,15H2,1-3H3,(H,25,28)/t19-/m1/s1. The summed E-state index contributed by atoms with van der Waals surface area (Å²) in [7, 11) is 4.00. The Morgan fingerprint density at radius 3 is 2.83 bits per heavy atom. The van der Waals surface area contributed by atoms with Gasteiger partial charge in [-0.1, -0.05) is 31.2 Å². The third-order valence-electron chi connectivity index (χ3n) is 5.66. The molecule has 1 amide bonds. The number of carbonyl (C=O) groups is 1. The van der Waals surface area contributed by atoms with Gasteiger partial charge in [0, 0.05) is 42.5 Å². The molecule has 0 aliphatic carbocycles. The fourth-order valence-electron chi connectivity index (χ4n) is 4.04. The molecule has 6 heteroatoms. The fourth-order valence-corrected chi connectivity index (χ4v) is 4.04. The molecule has 158 valence electrons. The maximum atomic E-state index is 12.8. The summed E-state index contributed by atoms with van der Waals surface area (Å²) in [6.45, 7) is 3.84. The molecule has 4 rings (SSSR count). The van der Waals surface area contributed by atoms with Crippen LogP contribution in [-0.2, 0) is 11.2 Å². The van der Waals surface area contributed by atoms with Crippen molar-refractivity contribution in [2.45, 2.75) is 25.7 Å². The summed E-state index contributed by atoms with van der Waals surface area (Å²) >= 11 is 0. The number of amides is 1. The lowest BCUT2D eigenvalue weighted by Gasteiger charge is -2.18. The summed E-state index contributed by atoms with van der Waals surface area (Å²) in [6, 6.07) is 12.3. The van der Waals surface area contributed by atoms with Crippen molar-refractivity contribution in [1.29, 1.82) is 0 Å². The molecule has 2 aromatic carbocycles. The Morgan fingerprint density at radius 2 is 2.03 bits per heavy atom. The zero-order chi connectivity index (χ0) is 21.1. The van der Waals surface area contributed by atoms with Gasteiger partial charge in [-0.15, -0.1) is 0 Å². The van der Waals surface area contributed by atoms with Gasteiger partial charge < -0.3 is 24.7 Å². The minimum Gasteiger partial charge on any atom is -0.454 e. The van der Waals surface area contributed by atoms with Crippen LogP contribution in [0.1, 0.15) is 36.0 Å². The predicted molar refractivity (Wildman–Crippen MR) is 118 cm³/mol. The summed E-state index contributed by atoms with van der Waals surface area (Å²) in [4.78, 5) is 18.3. The first-order valence-electron chi connectivity index (χ1n) is 10.5. The van der Waals surface area contributed by atoms with E-state index < -0.39 is 0 Å². The number of benzene rings is 2. The molecule has 1 aliphatic rings. The number of carbonyl (C=O) groups excluding carboxylic acids is 1. The van der Waals surface area contributed by atoms with Crippen LogP contribution in [0, 0.1) is 0 Å². The summed E-state index contributed by atoms with van der Waals surface area (Å²) in [5, 5.41) is 4.22. The molecule has 0 saturated carbocycles. The van der Waals surface area contributed by atoms with Crippen LogP contribution in [0.25, 0.3) is 10.9 Å². The van der Waals surface area contributed by atoms with Gasteiger partial charge in [0.1, 0.15) is 0 Å². The number of fused-ring (bicyclic) bond motifs is 2. The summed E-state index contributed by atoms with van der Waals surface area (Å²) in [5.74, 6) is 1.44. The Hall–Kier alpha value is -2.99. The van der Waals surface area contributed by atoms with Gasteiger partial charge in [0.2, 0.25) is 12.7 Å². The van der Waals surface area contributed by atoms with E-state index in [0.717, 1.165) is 46.5 Å². The van der Waals surface area contributed by atoms with Crippen LogP contribution in [0.15, 0.2) is 42.6 Å². The maximum Gasteiger partial charge on any atom is 0.231 e. The first-order chi connectivity index (χ1) is 14.6. The Bertz CT molecular complexity index is 1040. The van der Waals surface area contributed by atoms with Crippen molar-refractivity contribution in [1.82, 2.24) is 15.2 Å². The molecular weight excluding hydrogens is 378 g/mol. The largest absolute Gasteiger partial charge is 0.454 e. The fraction of sp³-hybridized carbons (Fsp3) is 0.375. The number of hydrogen-bond donors (Lipinski definition) is 2. The van der Waals surface area contributed by atoms with E-state index in [1.165, 1.54) is 5.56 Å². The molecule has 3 aromatic rings. The van der Waals surface area contributed by atoms with E-state index >= 15 is 0 Å². The van der Waals surface area contributed by atoms with E-state index in [9.17, 15) is 4.79 Å². The summed E-state index contributed by atoms with van der Waals surface area (Å²) in [5.41, 5.74) is 4.60. The molecule has 0 bridgehead atoms. The summed E-state index contributed by atoms with van der Waals surface area (Å²) < 4.78 is 11.1. The smallest absolute Gasteiger partial charge is 0.231 e. The number of rotatable bonds is 8. The number of hydrogen-bond acceptors (Lipinski definition) is 4. The third-order valence-corrected chi connectivity index (χ3v) is 5.66. The van der Waals surface area contributed by atoms with Crippen LogP contribution in [0.2, 0.25) is 0 Å². The monoisotopic (exact) mass is 407 g/mol. The Labute approximate surface area is 177 Å². The van der Waals surface area contributed by atoms with Gasteiger partial charge in [-0.3, -0.25) is 4.79 Å². The molecule has 1 atom stereocenters. The average molecular weight is 408 g/mol. The van der Waals surface area contributed by atoms with Gasteiger partial charge in [0.25, 0.3) is 0 Å². The van der Waals surface area contributed by atoms with Crippen molar-refractivity contribution in [3.63, 3.8) is 0 Å². The number of H-pyrrole nitrogens is 1. The number of ether oxygens (including phenoxy) is 2. The highest BCUT2D eigenvalue weighted by Gasteiger charge is 2.24. The number of aryl methyl sites for hydroxylation is 1. The topological polar surface area (TPSA) is 66.6 Å². The minimum atomic E-state index is -0.0836. The van der Waals surface area contributed by atoms with Crippen molar-refractivity contribution < 1.29 is 14.3 Å². The van der Waals surface area contributed by atoms with Crippen LogP contribution < -0.4 is 14.8 Å². The second kappa shape index (κ2) is 8.79. The van der Waals surface area contributed by atoms with Crippen LogP contribution >= 0.6 is 0 Å². The Morgan fingerprint density at radius 1 is 1.20 bits per heavy atom. The van der Waals surface area contributed by atoms with E-state index in [4.69, 9.17) is 9.47 Å². The lowest BCUT2D eigenvalue weighted by molar-refractivity contribution is -0.121. The third kappa shape index (κ3) is 4.14. The molecule has 0 fully saturated rings. The quantitative estimate of drug-likeness (QED) is 0.598. The van der Waals surface area contributed by atoms with Gasteiger partial charge in [0.15, 0.2) is 11.5 Å². The zero-order valence-electron chi connectivity index (χ0n) is 17.8. The van der Waals surface area contributed by atoms with Gasteiger partial charge in [-0.2, -0.15) is 0 Å². The average Bonchev–Trinajstić information content (AvgIpc) is 3.38. The lowest BCUT2D eigenvalue weighted by atomic mass is 9.87. The molecule has 1 aromatic heterocycles. The van der Waals surface area contributed by atoms with Crippen LogP contribution in [0.5, 0.6) is 11.5 Å². The molecule has 0 radical (unpaired) electrons. The van der Waals surface area contributed by atoms with Crippen molar-refractivity contribution in [3.8, 4) is 11.5 Å². The molecule has 0 spiro atoms. The summed E-state index contributed by atoms with van der Waals surface area (Å²) in [6.07, 6.45) is 3.37. The molecule has 2 N–H and O–H groups in total. The van der Waals surface area contributed by atoms with Gasteiger partial charge in [0.05, 0.1) is 0 Å². The van der Waals surface area contributed by atoms with E-state index in [2.05, 4.69) is 40.3 Å². The second-order valence-electron chi connectivity index (χ2n) is 7.96. The van der Waals surface area contributed by atoms with E-state index in [1.54, 1.807) is 0 Å². The lowest BCUT2D eigenvalue weighted by Crippen LogP contribution is -2.32. The highest BCUT2D eigenvalue weighted by molar-refractivity contribution is 5.88. The number of para-hydroxylation sites is 1. The predicted octanol–water partition coefficient (Wildman–Crippen LogP) is 3.66. The SMILES string of the molecule is CCc1cccc2c([C@H](CC(=O)NCCN(C)C)c3ccc4c(c3)OCO4)c[nH]c12. The number of nitrogens with one attached hydrogen (secondary N) is 2. The normalized spacial score (nSPS) is 13.7. The van der Waals surface area contributed by atoms with Crippen LogP contribution in [-0.4, -0.2) is 49.8 Å². The first-order valence-corrected chi connectivity index (χ1v) is 10.5. The van der Waals surface area contributed by atoms with E-state index in [-0.39, 0.29) is 18.6 Å². The number of nitrogens with zero attached hydrogens (tertiary/aromatic N) is 1. The van der Waals surface area contributed by atoms with Crippen LogP contribution in [0.3, 0.4) is 0 Å². The molecule has 2 heterocycles. The number of likely N-dealkylation sites (N-methyl/N-ethyl adjacent to an activating group) is 1. The molecule has 30 heavy (non-hydrogen) atoms. The number of aromatic amines is 1. The highest BCUT2D eigenvalue weighted by Crippen LogP contribution is 2.39. The van der Waals surface area contributed by atoms with Gasteiger partial charge in [-0.05, 0) is 49.3 Å². The van der Waals surface area contributed by atoms with Gasteiger partial charge in [-0.25, -0.2) is 0 Å². The Kier molecular flexibility index (Phi) is 5.95. The molecule has 0 unspecified atom stereocenters. The van der Waals surface area contributed by atoms with E-state index in [1.807, 2.05) is 38.5 Å². The van der Waals surface area contributed by atoms with Gasteiger partial charge >= 0.3 is 0 Å². The molecule has 6 nitrogen and oxygen atoms in total. The molecule has 0 saturated heterocycles. The highest BCUT2D eigenvalue weighted by atomic mass is 16.7. The first kappa shape index (κ1) is 20.3. The molecule has 1 aliphatic heterocycles. The second-order valence-corrected chi connectivity index (χ2v) is 7.96. The van der Waals surface area contributed by atoms with E-state index in [0.29, 0.717) is 13.0 Å².